The van der Waals surface area contributed by atoms with E-state index in [1.54, 1.807) is 24.3 Å². The third-order valence-corrected chi connectivity index (χ3v) is 3.08. The molecule has 0 bridgehead atoms. The number of esters is 1. The highest BCUT2D eigenvalue weighted by molar-refractivity contribution is 6.35. The molecular formula is C14H13Cl2NO2. The summed E-state index contributed by atoms with van der Waals surface area (Å²) in [5, 5.41) is 1.01. The second-order valence-electron chi connectivity index (χ2n) is 5.25. The van der Waals surface area contributed by atoms with Gasteiger partial charge in [-0.1, -0.05) is 50.0 Å². The van der Waals surface area contributed by atoms with Crippen LogP contribution in [0, 0.1) is 5.41 Å². The molecule has 0 saturated heterocycles. The maximum Gasteiger partial charge on any atom is 0.363 e. The van der Waals surface area contributed by atoms with E-state index in [2.05, 4.69) is 4.99 Å². The van der Waals surface area contributed by atoms with Crippen molar-refractivity contribution in [2.75, 3.05) is 0 Å². The lowest BCUT2D eigenvalue weighted by Crippen LogP contribution is -2.21. The monoisotopic (exact) mass is 297 g/mol. The summed E-state index contributed by atoms with van der Waals surface area (Å²) in [6.07, 6.45) is 1.60. The van der Waals surface area contributed by atoms with Crippen molar-refractivity contribution in [2.45, 2.75) is 20.8 Å². The molecule has 0 unspecified atom stereocenters. The molecule has 0 atom stereocenters. The number of cyclic esters (lactones) is 1. The molecule has 0 amide bonds. The minimum absolute atomic E-state index is 0.245. The van der Waals surface area contributed by atoms with Gasteiger partial charge in [-0.2, -0.15) is 0 Å². The summed E-state index contributed by atoms with van der Waals surface area (Å²) >= 11 is 11.9. The zero-order valence-corrected chi connectivity index (χ0v) is 12.3. The van der Waals surface area contributed by atoms with E-state index < -0.39 is 5.97 Å². The molecule has 0 fully saturated rings. The van der Waals surface area contributed by atoms with E-state index in [9.17, 15) is 4.79 Å². The fourth-order valence-electron chi connectivity index (χ4n) is 1.50. The fourth-order valence-corrected chi connectivity index (χ4v) is 1.96. The summed E-state index contributed by atoms with van der Waals surface area (Å²) in [5.41, 5.74) is 0.612. The first-order valence-corrected chi connectivity index (χ1v) is 6.51. The van der Waals surface area contributed by atoms with E-state index in [1.165, 1.54) is 0 Å². The van der Waals surface area contributed by atoms with Crippen LogP contribution >= 0.6 is 23.2 Å². The highest BCUT2D eigenvalue weighted by Crippen LogP contribution is 2.28. The van der Waals surface area contributed by atoms with Crippen LogP contribution < -0.4 is 0 Å². The maximum absolute atomic E-state index is 11.7. The van der Waals surface area contributed by atoms with Gasteiger partial charge in [-0.15, -0.1) is 0 Å². The number of hydrogen-bond acceptors (Lipinski definition) is 3. The lowest BCUT2D eigenvalue weighted by Gasteiger charge is -2.15. The van der Waals surface area contributed by atoms with Crippen LogP contribution in [0.25, 0.3) is 6.08 Å². The third-order valence-electron chi connectivity index (χ3n) is 2.52. The zero-order valence-electron chi connectivity index (χ0n) is 10.8. The molecule has 1 aromatic carbocycles. The molecule has 0 spiro atoms. The van der Waals surface area contributed by atoms with Gasteiger partial charge in [0.05, 0.1) is 0 Å². The van der Waals surface area contributed by atoms with Crippen LogP contribution in [0.5, 0.6) is 0 Å². The topological polar surface area (TPSA) is 38.7 Å². The van der Waals surface area contributed by atoms with Gasteiger partial charge in [0.15, 0.2) is 5.70 Å². The van der Waals surface area contributed by atoms with Gasteiger partial charge in [-0.3, -0.25) is 0 Å². The summed E-state index contributed by atoms with van der Waals surface area (Å²) in [5.74, 6) is -0.0511. The maximum atomic E-state index is 11.7. The Bertz CT molecular complexity index is 598. The first-order valence-electron chi connectivity index (χ1n) is 5.75. The number of benzene rings is 1. The molecular weight excluding hydrogens is 285 g/mol. The van der Waals surface area contributed by atoms with Crippen molar-refractivity contribution in [3.8, 4) is 0 Å². The van der Waals surface area contributed by atoms with Crippen LogP contribution in [-0.4, -0.2) is 11.9 Å². The number of ether oxygens (including phenoxy) is 1. The normalized spacial score (nSPS) is 17.6. The van der Waals surface area contributed by atoms with E-state index >= 15 is 0 Å². The van der Waals surface area contributed by atoms with E-state index in [1.807, 2.05) is 20.8 Å². The predicted octanol–water partition coefficient (Wildman–Crippen LogP) is 4.34. The largest absolute Gasteiger partial charge is 0.406 e. The summed E-state index contributed by atoms with van der Waals surface area (Å²) in [6, 6.07) is 5.05. The predicted molar refractivity (Wildman–Crippen MR) is 77.4 cm³/mol. The number of hydrogen-bond donors (Lipinski definition) is 0. The molecule has 0 aromatic heterocycles. The lowest BCUT2D eigenvalue weighted by molar-refractivity contribution is -0.130. The molecule has 1 aromatic rings. The molecule has 0 aliphatic carbocycles. The minimum atomic E-state index is -0.462. The van der Waals surface area contributed by atoms with Gasteiger partial charge in [0.1, 0.15) is 0 Å². The minimum Gasteiger partial charge on any atom is -0.406 e. The molecule has 19 heavy (non-hydrogen) atoms. The highest BCUT2D eigenvalue weighted by Gasteiger charge is 2.31. The Labute approximate surface area is 121 Å². The average Bonchev–Trinajstić information content (AvgIpc) is 2.64. The number of carbonyl (C=O) groups is 1. The SMILES string of the molecule is CC(C)(C)C1=NC(=Cc2ccc(Cl)cc2Cl)C(=O)O1. The van der Waals surface area contributed by atoms with E-state index in [0.717, 1.165) is 0 Å². The molecule has 100 valence electrons. The van der Waals surface area contributed by atoms with Crippen molar-refractivity contribution in [2.24, 2.45) is 10.4 Å². The van der Waals surface area contributed by atoms with Crippen molar-refractivity contribution in [3.63, 3.8) is 0 Å². The second kappa shape index (κ2) is 4.99. The summed E-state index contributed by atoms with van der Waals surface area (Å²) in [4.78, 5) is 16.0. The van der Waals surface area contributed by atoms with Gasteiger partial charge >= 0.3 is 5.97 Å². The molecule has 1 heterocycles. The summed E-state index contributed by atoms with van der Waals surface area (Å²) < 4.78 is 5.15. The number of aliphatic imine (C=N–C) groups is 1. The van der Waals surface area contributed by atoms with Crippen molar-refractivity contribution in [1.29, 1.82) is 0 Å². The van der Waals surface area contributed by atoms with Gasteiger partial charge < -0.3 is 4.74 Å². The molecule has 3 nitrogen and oxygen atoms in total. The van der Waals surface area contributed by atoms with Crippen LogP contribution in [0.15, 0.2) is 28.9 Å². The Hall–Kier alpha value is -1.32. The van der Waals surface area contributed by atoms with Crippen LogP contribution in [-0.2, 0) is 9.53 Å². The van der Waals surface area contributed by atoms with E-state index in [4.69, 9.17) is 27.9 Å². The third kappa shape index (κ3) is 3.17. The summed E-state index contributed by atoms with van der Waals surface area (Å²) in [7, 11) is 0. The quantitative estimate of drug-likeness (QED) is 0.571. The smallest absolute Gasteiger partial charge is 0.363 e. The number of carbonyl (C=O) groups excluding carboxylic acids is 1. The number of rotatable bonds is 1. The van der Waals surface area contributed by atoms with Crippen molar-refractivity contribution in [3.05, 3.63) is 39.5 Å². The van der Waals surface area contributed by atoms with Crippen LogP contribution in [0.3, 0.4) is 0 Å². The summed E-state index contributed by atoms with van der Waals surface area (Å²) in [6.45, 7) is 5.78. The Kier molecular flexibility index (Phi) is 3.70. The molecule has 0 N–H and O–H groups in total. The lowest BCUT2D eigenvalue weighted by atomic mass is 9.97. The van der Waals surface area contributed by atoms with Crippen LogP contribution in [0.2, 0.25) is 10.0 Å². The molecule has 1 aliphatic heterocycles. The van der Waals surface area contributed by atoms with Gasteiger partial charge in [0.2, 0.25) is 5.90 Å². The van der Waals surface area contributed by atoms with E-state index in [-0.39, 0.29) is 11.1 Å². The average molecular weight is 298 g/mol. The molecule has 0 radical (unpaired) electrons. The van der Waals surface area contributed by atoms with Crippen LogP contribution in [0.4, 0.5) is 0 Å². The van der Waals surface area contributed by atoms with E-state index in [0.29, 0.717) is 21.5 Å². The Morgan fingerprint density at radius 2 is 1.95 bits per heavy atom. The van der Waals surface area contributed by atoms with Crippen molar-refractivity contribution in [1.82, 2.24) is 0 Å². The molecule has 1 aliphatic rings. The first-order chi connectivity index (χ1) is 8.77. The van der Waals surface area contributed by atoms with Gasteiger partial charge in [0, 0.05) is 15.5 Å². The highest BCUT2D eigenvalue weighted by atomic mass is 35.5. The van der Waals surface area contributed by atoms with Crippen LogP contribution in [0.1, 0.15) is 26.3 Å². The number of halogens is 2. The van der Waals surface area contributed by atoms with Gasteiger partial charge in [-0.05, 0) is 23.8 Å². The Morgan fingerprint density at radius 1 is 1.26 bits per heavy atom. The zero-order chi connectivity index (χ0) is 14.2. The standard InChI is InChI=1S/C14H13Cl2NO2/c1-14(2,3)13-17-11(12(18)19-13)6-8-4-5-9(15)7-10(8)16/h4-7H,1-3H3. The van der Waals surface area contributed by atoms with Gasteiger partial charge in [0.25, 0.3) is 0 Å². The van der Waals surface area contributed by atoms with Gasteiger partial charge in [-0.25, -0.2) is 9.79 Å². The first kappa shape index (κ1) is 14.1. The molecule has 0 saturated carbocycles. The Balaban J connectivity index is 2.39. The fraction of sp³-hybridized carbons (Fsp3) is 0.286. The Morgan fingerprint density at radius 3 is 2.47 bits per heavy atom. The molecule has 5 heteroatoms. The van der Waals surface area contributed by atoms with Crippen molar-refractivity contribution < 1.29 is 9.53 Å². The molecule has 2 rings (SSSR count). The van der Waals surface area contributed by atoms with Crippen molar-refractivity contribution >= 4 is 41.1 Å². The number of nitrogens with zero attached hydrogens (tertiary/aromatic N) is 1. The second-order valence-corrected chi connectivity index (χ2v) is 6.10.